The topological polar surface area (TPSA) is 75.2 Å². The molecule has 102 valence electrons. The van der Waals surface area contributed by atoms with Crippen LogP contribution in [0.15, 0.2) is 12.1 Å². The molecule has 0 radical (unpaired) electrons. The van der Waals surface area contributed by atoms with Gasteiger partial charge in [-0.3, -0.25) is 9.59 Å². The Bertz CT molecular complexity index is 477. The fraction of sp³-hybridized carbons (Fsp3) is 0.500. The maximum Gasteiger partial charge on any atom is 0.274 e. The summed E-state index contributed by atoms with van der Waals surface area (Å²) in [6, 6.07) is 3.10. The van der Waals surface area contributed by atoms with E-state index < -0.39 is 0 Å². The second-order valence-electron chi connectivity index (χ2n) is 4.53. The second-order valence-corrected chi connectivity index (χ2v) is 4.92. The lowest BCUT2D eigenvalue weighted by Gasteiger charge is -2.32. The Morgan fingerprint density at radius 3 is 2.84 bits per heavy atom. The second kappa shape index (κ2) is 5.97. The van der Waals surface area contributed by atoms with Crippen molar-refractivity contribution < 1.29 is 9.59 Å². The van der Waals surface area contributed by atoms with Crippen LogP contribution in [-0.2, 0) is 4.79 Å². The van der Waals surface area contributed by atoms with Crippen molar-refractivity contribution in [1.82, 2.24) is 20.4 Å². The van der Waals surface area contributed by atoms with Crippen molar-refractivity contribution >= 4 is 23.4 Å². The molecule has 1 N–H and O–H groups in total. The minimum atomic E-state index is -0.181. The van der Waals surface area contributed by atoms with Crippen LogP contribution in [0.4, 0.5) is 0 Å². The molecule has 0 saturated carbocycles. The van der Waals surface area contributed by atoms with Gasteiger partial charge in [-0.1, -0.05) is 11.6 Å². The smallest absolute Gasteiger partial charge is 0.274 e. The zero-order valence-corrected chi connectivity index (χ0v) is 11.4. The molecular weight excluding hydrogens is 268 g/mol. The fourth-order valence-corrected chi connectivity index (χ4v) is 2.26. The minimum Gasteiger partial charge on any atom is -0.352 e. The molecule has 6 nitrogen and oxygen atoms in total. The first-order valence-corrected chi connectivity index (χ1v) is 6.49. The quantitative estimate of drug-likeness (QED) is 0.873. The summed E-state index contributed by atoms with van der Waals surface area (Å²) in [5.74, 6) is -0.259. The number of nitrogens with one attached hydrogen (secondary N) is 1. The van der Waals surface area contributed by atoms with Crippen molar-refractivity contribution in [2.75, 3.05) is 13.1 Å². The van der Waals surface area contributed by atoms with Gasteiger partial charge in [0.05, 0.1) is 0 Å². The Kier molecular flexibility index (Phi) is 4.31. The molecule has 0 spiro atoms. The molecule has 0 bridgehead atoms. The van der Waals surface area contributed by atoms with Gasteiger partial charge in [-0.15, -0.1) is 10.2 Å². The lowest BCUT2D eigenvalue weighted by atomic mass is 10.1. The van der Waals surface area contributed by atoms with Crippen LogP contribution in [-0.4, -0.2) is 46.0 Å². The summed E-state index contributed by atoms with van der Waals surface area (Å²) >= 11 is 5.64. The van der Waals surface area contributed by atoms with E-state index >= 15 is 0 Å². The highest BCUT2D eigenvalue weighted by molar-refractivity contribution is 6.29. The number of rotatable bonds is 2. The lowest BCUT2D eigenvalue weighted by Crippen LogP contribution is -2.49. The van der Waals surface area contributed by atoms with Crippen LogP contribution in [0.2, 0.25) is 5.15 Å². The van der Waals surface area contributed by atoms with Crippen molar-refractivity contribution in [2.45, 2.75) is 25.8 Å². The Hall–Kier alpha value is -1.69. The zero-order valence-electron chi connectivity index (χ0n) is 10.6. The Balaban J connectivity index is 2.02. The summed E-state index contributed by atoms with van der Waals surface area (Å²) in [4.78, 5) is 24.9. The van der Waals surface area contributed by atoms with Gasteiger partial charge in [-0.25, -0.2) is 0 Å². The van der Waals surface area contributed by atoms with Gasteiger partial charge in [0.1, 0.15) is 0 Å². The summed E-state index contributed by atoms with van der Waals surface area (Å²) in [6.07, 6.45) is 1.74. The SMILES string of the molecule is CC(=O)NC1CCCN(C(=O)c2ccc(Cl)nn2)C1. The zero-order chi connectivity index (χ0) is 13.8. The average Bonchev–Trinajstić information content (AvgIpc) is 2.38. The van der Waals surface area contributed by atoms with E-state index in [-0.39, 0.29) is 28.7 Å². The molecule has 1 aliphatic rings. The monoisotopic (exact) mass is 282 g/mol. The number of carbonyl (C=O) groups excluding carboxylic acids is 2. The van der Waals surface area contributed by atoms with E-state index in [0.717, 1.165) is 12.8 Å². The van der Waals surface area contributed by atoms with Crippen LogP contribution in [0, 0.1) is 0 Å². The number of amides is 2. The number of nitrogens with zero attached hydrogens (tertiary/aromatic N) is 3. The molecule has 2 rings (SSSR count). The third kappa shape index (κ3) is 3.64. The van der Waals surface area contributed by atoms with Gasteiger partial charge in [0.2, 0.25) is 5.91 Å². The highest BCUT2D eigenvalue weighted by atomic mass is 35.5. The van der Waals surface area contributed by atoms with Crippen LogP contribution in [0.3, 0.4) is 0 Å². The third-order valence-electron chi connectivity index (χ3n) is 2.97. The number of halogens is 1. The number of piperidine rings is 1. The largest absolute Gasteiger partial charge is 0.352 e. The highest BCUT2D eigenvalue weighted by Crippen LogP contribution is 2.13. The number of hydrogen-bond acceptors (Lipinski definition) is 4. The molecule has 7 heteroatoms. The van der Waals surface area contributed by atoms with E-state index in [4.69, 9.17) is 11.6 Å². The van der Waals surface area contributed by atoms with Gasteiger partial charge in [-0.05, 0) is 25.0 Å². The van der Waals surface area contributed by atoms with Crippen LogP contribution < -0.4 is 5.32 Å². The molecule has 0 aliphatic carbocycles. The van der Waals surface area contributed by atoms with E-state index in [1.165, 1.54) is 13.0 Å². The summed E-state index contributed by atoms with van der Waals surface area (Å²) in [5, 5.41) is 10.5. The van der Waals surface area contributed by atoms with Crippen molar-refractivity contribution in [3.63, 3.8) is 0 Å². The Morgan fingerprint density at radius 1 is 1.42 bits per heavy atom. The van der Waals surface area contributed by atoms with Crippen LogP contribution in [0.5, 0.6) is 0 Å². The van der Waals surface area contributed by atoms with Gasteiger partial charge in [0.15, 0.2) is 10.8 Å². The van der Waals surface area contributed by atoms with Crippen LogP contribution in [0.25, 0.3) is 0 Å². The summed E-state index contributed by atoms with van der Waals surface area (Å²) in [6.45, 7) is 2.65. The highest BCUT2D eigenvalue weighted by Gasteiger charge is 2.25. The Morgan fingerprint density at radius 2 is 2.21 bits per heavy atom. The number of carbonyl (C=O) groups is 2. The van der Waals surface area contributed by atoms with E-state index in [1.807, 2.05) is 0 Å². The van der Waals surface area contributed by atoms with E-state index in [0.29, 0.717) is 13.1 Å². The van der Waals surface area contributed by atoms with E-state index in [9.17, 15) is 9.59 Å². The van der Waals surface area contributed by atoms with Crippen molar-refractivity contribution in [1.29, 1.82) is 0 Å². The molecule has 2 amide bonds. The maximum atomic E-state index is 12.2. The van der Waals surface area contributed by atoms with E-state index in [1.54, 1.807) is 11.0 Å². The standard InChI is InChI=1S/C12H15ClN4O2/c1-8(18)14-9-3-2-6-17(7-9)12(19)10-4-5-11(13)16-15-10/h4-5,9H,2-3,6-7H2,1H3,(H,14,18). The molecule has 19 heavy (non-hydrogen) atoms. The van der Waals surface area contributed by atoms with Gasteiger partial charge < -0.3 is 10.2 Å². The predicted molar refractivity (Wildman–Crippen MR) is 69.8 cm³/mol. The molecule has 1 fully saturated rings. The minimum absolute atomic E-state index is 0.00968. The predicted octanol–water partition coefficient (Wildman–Crippen LogP) is 0.871. The Labute approximate surface area is 116 Å². The van der Waals surface area contributed by atoms with Crippen molar-refractivity contribution in [2.24, 2.45) is 0 Å². The summed E-state index contributed by atoms with van der Waals surface area (Å²) < 4.78 is 0. The number of aromatic nitrogens is 2. The molecule has 1 aromatic rings. The van der Waals surface area contributed by atoms with E-state index in [2.05, 4.69) is 15.5 Å². The molecule has 1 unspecified atom stereocenters. The molecule has 1 saturated heterocycles. The first-order chi connectivity index (χ1) is 9.06. The number of hydrogen-bond donors (Lipinski definition) is 1. The van der Waals surface area contributed by atoms with Gasteiger partial charge in [0.25, 0.3) is 5.91 Å². The van der Waals surface area contributed by atoms with Crippen LogP contribution in [0.1, 0.15) is 30.3 Å². The van der Waals surface area contributed by atoms with Crippen molar-refractivity contribution in [3.8, 4) is 0 Å². The molecule has 2 heterocycles. The van der Waals surface area contributed by atoms with Gasteiger partial charge in [-0.2, -0.15) is 0 Å². The maximum absolute atomic E-state index is 12.2. The van der Waals surface area contributed by atoms with Crippen LogP contribution >= 0.6 is 11.6 Å². The average molecular weight is 283 g/mol. The summed E-state index contributed by atoms with van der Waals surface area (Å²) in [5.41, 5.74) is 0.271. The first kappa shape index (κ1) is 13.7. The molecule has 1 aromatic heterocycles. The van der Waals surface area contributed by atoms with Gasteiger partial charge >= 0.3 is 0 Å². The van der Waals surface area contributed by atoms with Gasteiger partial charge in [0, 0.05) is 26.1 Å². The molecule has 1 aliphatic heterocycles. The summed E-state index contributed by atoms with van der Waals surface area (Å²) in [7, 11) is 0. The third-order valence-corrected chi connectivity index (χ3v) is 3.17. The normalized spacial score (nSPS) is 19.1. The first-order valence-electron chi connectivity index (χ1n) is 6.12. The number of likely N-dealkylation sites (tertiary alicyclic amines) is 1. The molecular formula is C12H15ClN4O2. The van der Waals surface area contributed by atoms with Crippen molar-refractivity contribution in [3.05, 3.63) is 23.0 Å². The lowest BCUT2D eigenvalue weighted by molar-refractivity contribution is -0.120. The fourth-order valence-electron chi connectivity index (χ4n) is 2.16. The molecule has 1 atom stereocenters. The molecule has 0 aromatic carbocycles.